The van der Waals surface area contributed by atoms with Crippen molar-refractivity contribution < 1.29 is 19.0 Å². The summed E-state index contributed by atoms with van der Waals surface area (Å²) in [4.78, 5) is 10.5. The summed E-state index contributed by atoms with van der Waals surface area (Å²) in [6, 6.07) is 0. The van der Waals surface area contributed by atoms with Gasteiger partial charge in [0.1, 0.15) is 0 Å². The van der Waals surface area contributed by atoms with Gasteiger partial charge in [-0.05, 0) is 20.8 Å². The Hall–Kier alpha value is -1.19. The van der Waals surface area contributed by atoms with Gasteiger partial charge in [0.15, 0.2) is 6.29 Å². The summed E-state index contributed by atoms with van der Waals surface area (Å²) >= 11 is 0. The molecule has 0 radical (unpaired) electrons. The SMILES string of the molecule is CCOC(C=O)=C(OCC)OCC. The number of carbonyl (C=O) groups is 1. The minimum absolute atomic E-state index is 0.117. The molecule has 0 aliphatic heterocycles. The molecular formula is C9H16O4. The molecule has 0 aliphatic carbocycles. The smallest absolute Gasteiger partial charge is 0.327 e. The number of hydrogen-bond donors (Lipinski definition) is 0. The van der Waals surface area contributed by atoms with E-state index in [-0.39, 0.29) is 11.7 Å². The third-order valence-corrected chi connectivity index (χ3v) is 1.16. The van der Waals surface area contributed by atoms with E-state index >= 15 is 0 Å². The van der Waals surface area contributed by atoms with E-state index in [1.54, 1.807) is 6.92 Å². The van der Waals surface area contributed by atoms with Crippen molar-refractivity contribution in [3.8, 4) is 0 Å². The van der Waals surface area contributed by atoms with Crippen LogP contribution in [0.25, 0.3) is 0 Å². The second-order valence-electron chi connectivity index (χ2n) is 2.07. The van der Waals surface area contributed by atoms with Gasteiger partial charge in [-0.3, -0.25) is 4.79 Å². The number of aldehydes is 1. The quantitative estimate of drug-likeness (QED) is 0.345. The molecule has 0 spiro atoms. The van der Waals surface area contributed by atoms with E-state index in [9.17, 15) is 4.79 Å². The summed E-state index contributed by atoms with van der Waals surface area (Å²) in [7, 11) is 0. The molecule has 0 amide bonds. The fourth-order valence-corrected chi connectivity index (χ4v) is 0.743. The van der Waals surface area contributed by atoms with Crippen LogP contribution >= 0.6 is 0 Å². The summed E-state index contributed by atoms with van der Waals surface area (Å²) in [6.07, 6.45) is 0.587. The van der Waals surface area contributed by atoms with Crippen LogP contribution in [0.5, 0.6) is 0 Å². The summed E-state index contributed by atoms with van der Waals surface area (Å²) < 4.78 is 15.2. The maximum Gasteiger partial charge on any atom is 0.327 e. The number of rotatable bonds is 7. The maximum absolute atomic E-state index is 10.5. The van der Waals surface area contributed by atoms with Gasteiger partial charge < -0.3 is 14.2 Å². The lowest BCUT2D eigenvalue weighted by atomic mass is 10.5. The van der Waals surface area contributed by atoms with Crippen molar-refractivity contribution in [3.05, 3.63) is 11.7 Å². The van der Waals surface area contributed by atoms with E-state index in [4.69, 9.17) is 14.2 Å². The molecule has 13 heavy (non-hydrogen) atoms. The van der Waals surface area contributed by atoms with Crippen molar-refractivity contribution in [3.63, 3.8) is 0 Å². The molecule has 0 aliphatic rings. The van der Waals surface area contributed by atoms with Crippen LogP contribution in [0.15, 0.2) is 11.7 Å². The lowest BCUT2D eigenvalue weighted by Crippen LogP contribution is -2.06. The van der Waals surface area contributed by atoms with Crippen LogP contribution in [-0.4, -0.2) is 26.1 Å². The molecular weight excluding hydrogens is 172 g/mol. The predicted molar refractivity (Wildman–Crippen MR) is 48.0 cm³/mol. The molecule has 0 aromatic carbocycles. The van der Waals surface area contributed by atoms with Crippen LogP contribution in [0.3, 0.4) is 0 Å². The molecule has 0 unspecified atom stereocenters. The van der Waals surface area contributed by atoms with Gasteiger partial charge in [0, 0.05) is 0 Å². The molecule has 0 aromatic heterocycles. The average Bonchev–Trinajstić information content (AvgIpc) is 2.14. The number of hydrogen-bond acceptors (Lipinski definition) is 4. The Kier molecular flexibility index (Phi) is 6.78. The minimum atomic E-state index is 0.117. The fourth-order valence-electron chi connectivity index (χ4n) is 0.743. The van der Waals surface area contributed by atoms with E-state index in [0.29, 0.717) is 26.1 Å². The first-order valence-electron chi connectivity index (χ1n) is 4.37. The first-order valence-corrected chi connectivity index (χ1v) is 4.37. The van der Waals surface area contributed by atoms with E-state index in [0.717, 1.165) is 0 Å². The van der Waals surface area contributed by atoms with E-state index in [2.05, 4.69) is 0 Å². The van der Waals surface area contributed by atoms with Crippen molar-refractivity contribution in [2.24, 2.45) is 0 Å². The zero-order valence-corrected chi connectivity index (χ0v) is 8.33. The van der Waals surface area contributed by atoms with Crippen LogP contribution in [0.2, 0.25) is 0 Å². The van der Waals surface area contributed by atoms with Crippen molar-refractivity contribution >= 4 is 6.29 Å². The Labute approximate surface area is 78.5 Å². The van der Waals surface area contributed by atoms with Gasteiger partial charge >= 0.3 is 5.95 Å². The van der Waals surface area contributed by atoms with Crippen molar-refractivity contribution in [1.29, 1.82) is 0 Å². The summed E-state index contributed by atoms with van der Waals surface area (Å²) in [5, 5.41) is 0. The van der Waals surface area contributed by atoms with E-state index in [1.807, 2.05) is 13.8 Å². The monoisotopic (exact) mass is 188 g/mol. The van der Waals surface area contributed by atoms with Gasteiger partial charge in [-0.25, -0.2) is 0 Å². The van der Waals surface area contributed by atoms with Gasteiger partial charge in [0.25, 0.3) is 0 Å². The first kappa shape index (κ1) is 11.8. The fraction of sp³-hybridized carbons (Fsp3) is 0.667. The standard InChI is InChI=1S/C9H16O4/c1-4-11-8(7-10)9(12-5-2)13-6-3/h7H,4-6H2,1-3H3. The number of ether oxygens (including phenoxy) is 3. The lowest BCUT2D eigenvalue weighted by molar-refractivity contribution is -0.109. The average molecular weight is 188 g/mol. The largest absolute Gasteiger partial charge is 0.485 e. The molecule has 0 heterocycles. The van der Waals surface area contributed by atoms with Gasteiger partial charge in [-0.1, -0.05) is 0 Å². The lowest BCUT2D eigenvalue weighted by Gasteiger charge is -2.11. The third kappa shape index (κ3) is 4.40. The zero-order valence-electron chi connectivity index (χ0n) is 8.33. The van der Waals surface area contributed by atoms with Crippen molar-refractivity contribution in [2.45, 2.75) is 20.8 Å². The van der Waals surface area contributed by atoms with Crippen LogP contribution in [0, 0.1) is 0 Å². The molecule has 0 rings (SSSR count). The molecule has 0 fully saturated rings. The molecule has 4 nitrogen and oxygen atoms in total. The molecule has 0 bridgehead atoms. The highest BCUT2D eigenvalue weighted by Crippen LogP contribution is 2.07. The second-order valence-corrected chi connectivity index (χ2v) is 2.07. The zero-order chi connectivity index (χ0) is 10.1. The number of carbonyl (C=O) groups excluding carboxylic acids is 1. The van der Waals surface area contributed by atoms with Gasteiger partial charge in [0.05, 0.1) is 19.8 Å². The van der Waals surface area contributed by atoms with Gasteiger partial charge in [-0.15, -0.1) is 0 Å². The Morgan fingerprint density at radius 2 is 1.46 bits per heavy atom. The number of allylic oxidation sites excluding steroid dienone is 1. The van der Waals surface area contributed by atoms with Crippen molar-refractivity contribution in [1.82, 2.24) is 0 Å². The highest BCUT2D eigenvalue weighted by molar-refractivity contribution is 5.70. The van der Waals surface area contributed by atoms with E-state index in [1.165, 1.54) is 0 Å². The molecule has 0 aromatic rings. The Morgan fingerprint density at radius 3 is 1.77 bits per heavy atom. The first-order chi connectivity index (χ1) is 6.29. The van der Waals surface area contributed by atoms with Crippen LogP contribution < -0.4 is 0 Å². The molecule has 4 heteroatoms. The topological polar surface area (TPSA) is 44.8 Å². The Bertz CT molecular complexity index is 166. The summed E-state index contributed by atoms with van der Waals surface area (Å²) in [5.74, 6) is 0.285. The molecule has 0 N–H and O–H groups in total. The predicted octanol–water partition coefficient (Wildman–Crippen LogP) is 1.46. The molecule has 0 atom stereocenters. The van der Waals surface area contributed by atoms with Gasteiger partial charge in [-0.2, -0.15) is 0 Å². The normalized spacial score (nSPS) is 8.85. The molecule has 76 valence electrons. The van der Waals surface area contributed by atoms with Crippen LogP contribution in [0.1, 0.15) is 20.8 Å². The second kappa shape index (κ2) is 7.46. The van der Waals surface area contributed by atoms with Crippen molar-refractivity contribution in [2.75, 3.05) is 19.8 Å². The Balaban J connectivity index is 4.44. The molecule has 0 saturated heterocycles. The van der Waals surface area contributed by atoms with Gasteiger partial charge in [0.2, 0.25) is 5.76 Å². The summed E-state index contributed by atoms with van der Waals surface area (Å²) in [6.45, 7) is 6.72. The van der Waals surface area contributed by atoms with Crippen LogP contribution in [-0.2, 0) is 19.0 Å². The third-order valence-electron chi connectivity index (χ3n) is 1.16. The maximum atomic E-state index is 10.5. The minimum Gasteiger partial charge on any atom is -0.485 e. The van der Waals surface area contributed by atoms with E-state index < -0.39 is 0 Å². The summed E-state index contributed by atoms with van der Waals surface area (Å²) in [5.41, 5.74) is 0. The van der Waals surface area contributed by atoms with Crippen LogP contribution in [0.4, 0.5) is 0 Å². The molecule has 0 saturated carbocycles. The highest BCUT2D eigenvalue weighted by Gasteiger charge is 2.09. The Morgan fingerprint density at radius 1 is 1.00 bits per heavy atom. The highest BCUT2D eigenvalue weighted by atomic mass is 16.7.